The van der Waals surface area contributed by atoms with E-state index in [0.29, 0.717) is 0 Å². The summed E-state index contributed by atoms with van der Waals surface area (Å²) >= 11 is 0. The predicted molar refractivity (Wildman–Crippen MR) is 98.0 cm³/mol. The molecule has 0 saturated heterocycles. The monoisotopic (exact) mass is 359 g/mol. The van der Waals surface area contributed by atoms with E-state index in [1.165, 1.54) is 13.0 Å². The van der Waals surface area contributed by atoms with Gasteiger partial charge in [-0.05, 0) is 19.4 Å². The SMILES string of the molecule is C=CCC(CC(=O)OCC)(OC(=O)C(=C)C)C(=O)NCc1ccccc1. The number of rotatable bonds is 10. The minimum absolute atomic E-state index is 0.0363. The van der Waals surface area contributed by atoms with Gasteiger partial charge in [0.2, 0.25) is 5.60 Å². The van der Waals surface area contributed by atoms with E-state index in [0.717, 1.165) is 5.56 Å². The second-order valence-electron chi connectivity index (χ2n) is 5.81. The maximum atomic E-state index is 12.9. The normalized spacial score (nSPS) is 12.4. The van der Waals surface area contributed by atoms with Crippen molar-refractivity contribution in [3.05, 3.63) is 60.7 Å². The molecule has 0 aliphatic heterocycles. The van der Waals surface area contributed by atoms with E-state index < -0.39 is 29.9 Å². The van der Waals surface area contributed by atoms with Crippen LogP contribution in [0.4, 0.5) is 0 Å². The lowest BCUT2D eigenvalue weighted by atomic mass is 9.93. The summed E-state index contributed by atoms with van der Waals surface area (Å²) in [6.07, 6.45) is 0.977. The molecule has 1 unspecified atom stereocenters. The van der Waals surface area contributed by atoms with Gasteiger partial charge in [0.15, 0.2) is 0 Å². The first kappa shape index (κ1) is 21.2. The van der Waals surface area contributed by atoms with Crippen molar-refractivity contribution in [2.24, 2.45) is 0 Å². The van der Waals surface area contributed by atoms with Crippen molar-refractivity contribution in [3.8, 4) is 0 Å². The molecule has 0 radical (unpaired) electrons. The van der Waals surface area contributed by atoms with E-state index in [2.05, 4.69) is 18.5 Å². The van der Waals surface area contributed by atoms with Crippen molar-refractivity contribution in [3.63, 3.8) is 0 Å². The minimum atomic E-state index is -1.74. The molecule has 0 spiro atoms. The second-order valence-corrected chi connectivity index (χ2v) is 5.81. The Morgan fingerprint density at radius 1 is 1.23 bits per heavy atom. The maximum absolute atomic E-state index is 12.9. The highest BCUT2D eigenvalue weighted by molar-refractivity contribution is 5.95. The van der Waals surface area contributed by atoms with Crippen LogP contribution in [0, 0.1) is 0 Å². The third-order valence-electron chi connectivity index (χ3n) is 3.56. The van der Waals surface area contributed by atoms with Gasteiger partial charge in [0.05, 0.1) is 13.0 Å². The summed E-state index contributed by atoms with van der Waals surface area (Å²) in [5, 5.41) is 2.72. The van der Waals surface area contributed by atoms with Crippen molar-refractivity contribution in [2.75, 3.05) is 6.61 Å². The summed E-state index contributed by atoms with van der Waals surface area (Å²) in [5.41, 5.74) is -0.743. The zero-order valence-corrected chi connectivity index (χ0v) is 15.2. The Morgan fingerprint density at radius 3 is 2.42 bits per heavy atom. The maximum Gasteiger partial charge on any atom is 0.334 e. The first-order valence-electron chi connectivity index (χ1n) is 8.32. The molecule has 1 aromatic rings. The summed E-state index contributed by atoms with van der Waals surface area (Å²) < 4.78 is 10.3. The van der Waals surface area contributed by atoms with E-state index in [1.807, 2.05) is 30.3 Å². The number of carbonyl (C=O) groups is 3. The van der Waals surface area contributed by atoms with Gasteiger partial charge in [-0.15, -0.1) is 6.58 Å². The first-order valence-corrected chi connectivity index (χ1v) is 8.32. The quantitative estimate of drug-likeness (QED) is 0.395. The predicted octanol–water partition coefficient (Wildman–Crippen LogP) is 2.69. The number of amides is 1. The van der Waals surface area contributed by atoms with Gasteiger partial charge in [-0.1, -0.05) is 43.0 Å². The molecule has 1 amide bonds. The summed E-state index contributed by atoms with van der Waals surface area (Å²) in [4.78, 5) is 36.9. The number of hydrogen-bond donors (Lipinski definition) is 1. The summed E-state index contributed by atoms with van der Waals surface area (Å²) in [6.45, 7) is 10.6. The third kappa shape index (κ3) is 6.20. The number of esters is 2. The number of nitrogens with one attached hydrogen (secondary N) is 1. The fourth-order valence-electron chi connectivity index (χ4n) is 2.25. The molecule has 0 aromatic heterocycles. The van der Waals surface area contributed by atoms with Gasteiger partial charge in [0.25, 0.3) is 5.91 Å². The van der Waals surface area contributed by atoms with E-state index in [9.17, 15) is 14.4 Å². The third-order valence-corrected chi connectivity index (χ3v) is 3.56. The van der Waals surface area contributed by atoms with Crippen LogP contribution in [0.15, 0.2) is 55.1 Å². The molecule has 1 N–H and O–H groups in total. The molecule has 0 aliphatic carbocycles. The van der Waals surface area contributed by atoms with Crippen LogP contribution in [0.25, 0.3) is 0 Å². The lowest BCUT2D eigenvalue weighted by molar-refractivity contribution is -0.171. The standard InChI is InChI=1S/C20H25NO5/c1-5-12-20(13-17(22)25-6-2,26-18(23)15(3)4)19(24)21-14-16-10-8-7-9-11-16/h5,7-11H,1,3,6,12-14H2,2,4H3,(H,21,24). The Hall–Kier alpha value is -2.89. The molecule has 26 heavy (non-hydrogen) atoms. The number of ether oxygens (including phenoxy) is 2. The smallest absolute Gasteiger partial charge is 0.334 e. The van der Waals surface area contributed by atoms with E-state index >= 15 is 0 Å². The molecule has 0 aliphatic rings. The Kier molecular flexibility index (Phi) is 8.28. The Labute approximate surface area is 153 Å². The largest absolute Gasteiger partial charge is 0.466 e. The summed E-state index contributed by atoms with van der Waals surface area (Å²) in [6, 6.07) is 9.25. The van der Waals surface area contributed by atoms with Gasteiger partial charge in [-0.3, -0.25) is 9.59 Å². The summed E-state index contributed by atoms with van der Waals surface area (Å²) in [7, 11) is 0. The molecule has 140 valence electrons. The average molecular weight is 359 g/mol. The molecule has 0 heterocycles. The van der Waals surface area contributed by atoms with E-state index in [-0.39, 0.29) is 25.1 Å². The highest BCUT2D eigenvalue weighted by atomic mass is 16.6. The van der Waals surface area contributed by atoms with Crippen molar-refractivity contribution in [1.29, 1.82) is 0 Å². The van der Waals surface area contributed by atoms with Crippen LogP contribution in [0.2, 0.25) is 0 Å². The Bertz CT molecular complexity index is 668. The molecule has 0 fully saturated rings. The molecule has 6 nitrogen and oxygen atoms in total. The lowest BCUT2D eigenvalue weighted by Crippen LogP contribution is -2.51. The van der Waals surface area contributed by atoms with Gasteiger partial charge in [-0.2, -0.15) is 0 Å². The van der Waals surface area contributed by atoms with Crippen molar-refractivity contribution in [1.82, 2.24) is 5.32 Å². The van der Waals surface area contributed by atoms with Gasteiger partial charge >= 0.3 is 11.9 Å². The van der Waals surface area contributed by atoms with Crippen LogP contribution in [0.1, 0.15) is 32.3 Å². The highest BCUT2D eigenvalue weighted by Crippen LogP contribution is 2.25. The lowest BCUT2D eigenvalue weighted by Gasteiger charge is -2.30. The van der Waals surface area contributed by atoms with E-state index in [1.54, 1.807) is 6.92 Å². The first-order chi connectivity index (χ1) is 12.3. The molecule has 0 bridgehead atoms. The van der Waals surface area contributed by atoms with Crippen LogP contribution in [0.3, 0.4) is 0 Å². The molecule has 6 heteroatoms. The molecule has 1 rings (SSSR count). The summed E-state index contributed by atoms with van der Waals surface area (Å²) in [5.74, 6) is -1.99. The molecule has 0 saturated carbocycles. The van der Waals surface area contributed by atoms with Gasteiger partial charge in [0, 0.05) is 18.5 Å². The highest BCUT2D eigenvalue weighted by Gasteiger charge is 2.44. The molecule has 1 aromatic carbocycles. The Morgan fingerprint density at radius 2 is 1.88 bits per heavy atom. The van der Waals surface area contributed by atoms with Gasteiger partial charge < -0.3 is 14.8 Å². The molecular weight excluding hydrogens is 334 g/mol. The second kappa shape index (κ2) is 10.2. The van der Waals surface area contributed by atoms with Crippen molar-refractivity contribution < 1.29 is 23.9 Å². The van der Waals surface area contributed by atoms with Gasteiger partial charge in [0.1, 0.15) is 0 Å². The van der Waals surface area contributed by atoms with E-state index in [4.69, 9.17) is 9.47 Å². The number of benzene rings is 1. The zero-order chi connectivity index (χ0) is 19.6. The Balaban J connectivity index is 3.05. The van der Waals surface area contributed by atoms with Crippen LogP contribution < -0.4 is 5.32 Å². The van der Waals surface area contributed by atoms with Crippen LogP contribution in [-0.2, 0) is 30.4 Å². The zero-order valence-electron chi connectivity index (χ0n) is 15.2. The van der Waals surface area contributed by atoms with Crippen LogP contribution in [-0.4, -0.2) is 30.1 Å². The average Bonchev–Trinajstić information content (AvgIpc) is 2.60. The number of carbonyl (C=O) groups excluding carboxylic acids is 3. The molecular formula is C20H25NO5. The fraction of sp³-hybridized carbons (Fsp3) is 0.350. The molecule has 1 atom stereocenters. The minimum Gasteiger partial charge on any atom is -0.466 e. The van der Waals surface area contributed by atoms with Crippen LogP contribution >= 0.6 is 0 Å². The van der Waals surface area contributed by atoms with Gasteiger partial charge in [-0.25, -0.2) is 4.79 Å². The number of hydrogen-bond acceptors (Lipinski definition) is 5. The fourth-order valence-corrected chi connectivity index (χ4v) is 2.25. The van der Waals surface area contributed by atoms with Crippen LogP contribution in [0.5, 0.6) is 0 Å². The van der Waals surface area contributed by atoms with Crippen molar-refractivity contribution in [2.45, 2.75) is 38.8 Å². The van der Waals surface area contributed by atoms with Crippen molar-refractivity contribution >= 4 is 17.8 Å². The topological polar surface area (TPSA) is 81.7 Å².